The zero-order valence-corrected chi connectivity index (χ0v) is 25.9. The zero-order chi connectivity index (χ0) is 31.8. The number of rotatable bonds is 4. The van der Waals surface area contributed by atoms with Crippen LogP contribution in [0.25, 0.3) is 44.9 Å². The van der Waals surface area contributed by atoms with Crippen molar-refractivity contribution in [2.24, 2.45) is 5.92 Å². The van der Waals surface area contributed by atoms with Crippen LogP contribution >= 0.6 is 11.3 Å². The summed E-state index contributed by atoms with van der Waals surface area (Å²) in [6, 6.07) is 21.7. The van der Waals surface area contributed by atoms with Gasteiger partial charge in [0, 0.05) is 23.6 Å². The van der Waals surface area contributed by atoms with Crippen LogP contribution in [0.5, 0.6) is 0 Å². The maximum atomic E-state index is 12.4. The predicted molar refractivity (Wildman–Crippen MR) is 178 cm³/mol. The molecule has 1 amide bonds. The van der Waals surface area contributed by atoms with Crippen molar-refractivity contribution < 1.29 is 14.4 Å². The minimum absolute atomic E-state index is 0.0436. The number of thiazole rings is 1. The maximum absolute atomic E-state index is 12.4. The minimum atomic E-state index is -0.174. The van der Waals surface area contributed by atoms with Crippen LogP contribution < -0.4 is 15.8 Å². The fourth-order valence-electron chi connectivity index (χ4n) is 5.94. The lowest BCUT2D eigenvalue weighted by Gasteiger charge is -2.23. The predicted octanol–water partition coefficient (Wildman–Crippen LogP) is 5.02. The number of hydrogen-bond donors (Lipinski definition) is 1. The summed E-state index contributed by atoms with van der Waals surface area (Å²) in [4.78, 5) is 54.3. The third kappa shape index (κ3) is 5.43. The molecule has 2 unspecified atom stereocenters. The van der Waals surface area contributed by atoms with E-state index in [1.54, 1.807) is 29.4 Å². The van der Waals surface area contributed by atoms with E-state index in [0.29, 0.717) is 10.8 Å². The molecular formula is C36H28N6O3S. The first-order chi connectivity index (χ1) is 22.4. The van der Waals surface area contributed by atoms with E-state index < -0.39 is 0 Å². The van der Waals surface area contributed by atoms with Crippen molar-refractivity contribution in [3.8, 4) is 21.6 Å². The molecule has 0 bridgehead atoms. The van der Waals surface area contributed by atoms with Gasteiger partial charge in [0.25, 0.3) is 0 Å². The number of hydrogen-bond acceptors (Lipinski definition) is 8. The van der Waals surface area contributed by atoms with Gasteiger partial charge in [-0.15, -0.1) is 0 Å². The Morgan fingerprint density at radius 2 is 1.65 bits per heavy atom. The van der Waals surface area contributed by atoms with Gasteiger partial charge in [-0.2, -0.15) is 0 Å². The van der Waals surface area contributed by atoms with Gasteiger partial charge in [-0.3, -0.25) is 14.4 Å². The number of aromatic nitrogens is 5. The first-order valence-corrected chi connectivity index (χ1v) is 15.6. The first-order valence-electron chi connectivity index (χ1n) is 14.8. The highest BCUT2D eigenvalue weighted by molar-refractivity contribution is 7.19. The van der Waals surface area contributed by atoms with Crippen LogP contribution in [0.15, 0.2) is 91.8 Å². The zero-order valence-electron chi connectivity index (χ0n) is 25.0. The van der Waals surface area contributed by atoms with E-state index in [1.165, 1.54) is 17.7 Å². The summed E-state index contributed by atoms with van der Waals surface area (Å²) in [6.07, 6.45) is 10.1. The van der Waals surface area contributed by atoms with Gasteiger partial charge in [0.05, 0.1) is 17.4 Å². The molecule has 46 heavy (non-hydrogen) atoms. The van der Waals surface area contributed by atoms with E-state index in [9.17, 15) is 14.4 Å². The maximum Gasteiger partial charge on any atom is 0.246 e. The molecule has 0 fully saturated rings. The second kappa shape index (κ2) is 12.1. The van der Waals surface area contributed by atoms with Gasteiger partial charge < -0.3 is 9.88 Å². The second-order valence-electron chi connectivity index (χ2n) is 11.2. The van der Waals surface area contributed by atoms with Gasteiger partial charge in [-0.25, -0.2) is 19.9 Å². The van der Waals surface area contributed by atoms with Gasteiger partial charge in [0.1, 0.15) is 24.2 Å². The summed E-state index contributed by atoms with van der Waals surface area (Å²) in [5, 5.41) is 5.40. The number of imidazole rings is 1. The van der Waals surface area contributed by atoms with Crippen molar-refractivity contribution >= 4 is 57.3 Å². The molecule has 1 N–H and O–H groups in total. The highest BCUT2D eigenvalue weighted by Gasteiger charge is 2.27. The summed E-state index contributed by atoms with van der Waals surface area (Å²) >= 11 is 1.44. The van der Waals surface area contributed by atoms with Crippen molar-refractivity contribution in [1.29, 1.82) is 0 Å². The van der Waals surface area contributed by atoms with Gasteiger partial charge in [-0.05, 0) is 38.8 Å². The second-order valence-corrected chi connectivity index (χ2v) is 12.2. The van der Waals surface area contributed by atoms with Crippen molar-refractivity contribution in [1.82, 2.24) is 24.5 Å². The molecule has 10 heteroatoms. The molecule has 0 radical (unpaired) electrons. The van der Waals surface area contributed by atoms with Crippen LogP contribution in [0.4, 0.5) is 5.13 Å². The summed E-state index contributed by atoms with van der Waals surface area (Å²) in [7, 11) is 0. The van der Waals surface area contributed by atoms with Crippen LogP contribution in [0, 0.1) is 5.92 Å². The van der Waals surface area contributed by atoms with E-state index >= 15 is 0 Å². The number of amides is 1. The Labute approximate surface area is 268 Å². The average molecular weight is 625 g/mol. The fraction of sp³-hybridized carbons (Fsp3) is 0.139. The molecular weight excluding hydrogens is 597 g/mol. The number of nitrogens with one attached hydrogen (secondary N) is 1. The molecule has 226 valence electrons. The SMILES string of the molecule is CC1C=c2c(ccc3c2=CC(=O)c2ccccc2-3)C(C)C1=O.O=C(Cn1cnc2ncncc21)Nc1ncc(-c2ccccc2)s1. The lowest BCUT2D eigenvalue weighted by atomic mass is 9.79. The summed E-state index contributed by atoms with van der Waals surface area (Å²) < 4.78 is 1.70. The van der Waals surface area contributed by atoms with Crippen molar-refractivity contribution in [2.75, 3.05) is 5.32 Å². The van der Waals surface area contributed by atoms with Crippen molar-refractivity contribution in [2.45, 2.75) is 26.3 Å². The molecule has 0 saturated carbocycles. The normalized spacial score (nSPS) is 16.2. The molecule has 0 spiro atoms. The molecule has 2 aliphatic rings. The summed E-state index contributed by atoms with van der Waals surface area (Å²) in [5.74, 6) is -0.0974. The molecule has 0 aliphatic heterocycles. The molecule has 6 aromatic rings. The van der Waals surface area contributed by atoms with Crippen molar-refractivity contribution in [3.05, 3.63) is 113 Å². The van der Waals surface area contributed by atoms with E-state index in [2.05, 4.69) is 25.3 Å². The molecule has 0 saturated heterocycles. The average Bonchev–Trinajstić information content (AvgIpc) is 3.72. The lowest BCUT2D eigenvalue weighted by molar-refractivity contribution is -0.122. The lowest BCUT2D eigenvalue weighted by Crippen LogP contribution is -2.40. The van der Waals surface area contributed by atoms with E-state index in [4.69, 9.17) is 0 Å². The number of carbonyl (C=O) groups is 3. The summed E-state index contributed by atoms with van der Waals surface area (Å²) in [5.41, 5.74) is 6.22. The number of anilines is 1. The minimum Gasteiger partial charge on any atom is -0.318 e. The number of benzene rings is 3. The molecule has 2 aliphatic carbocycles. The Bertz CT molecular complexity index is 2270. The van der Waals surface area contributed by atoms with Crippen LogP contribution in [-0.4, -0.2) is 42.0 Å². The van der Waals surface area contributed by atoms with E-state index in [1.807, 2.05) is 86.7 Å². The number of ketones is 2. The molecule has 3 aromatic heterocycles. The highest BCUT2D eigenvalue weighted by Crippen LogP contribution is 2.29. The number of carbonyl (C=O) groups excluding carboxylic acids is 3. The Morgan fingerprint density at radius 3 is 2.48 bits per heavy atom. The van der Waals surface area contributed by atoms with Crippen LogP contribution in [-0.2, 0) is 16.1 Å². The topological polar surface area (TPSA) is 120 Å². The molecule has 8 rings (SSSR count). The van der Waals surface area contributed by atoms with Crippen LogP contribution in [0.3, 0.4) is 0 Å². The molecule has 3 heterocycles. The Balaban J connectivity index is 0.000000147. The van der Waals surface area contributed by atoms with E-state index in [-0.39, 0.29) is 35.9 Å². The number of Topliss-reactive ketones (excluding diaryl/α,β-unsaturated/α-hetero) is 2. The Hall–Kier alpha value is -5.61. The number of nitrogens with zero attached hydrogens (tertiary/aromatic N) is 5. The highest BCUT2D eigenvalue weighted by atomic mass is 32.1. The van der Waals surface area contributed by atoms with Gasteiger partial charge in [0.2, 0.25) is 5.91 Å². The third-order valence-electron chi connectivity index (χ3n) is 8.26. The van der Waals surface area contributed by atoms with Gasteiger partial charge >= 0.3 is 0 Å². The van der Waals surface area contributed by atoms with Crippen molar-refractivity contribution in [3.63, 3.8) is 0 Å². The molecule has 9 nitrogen and oxygen atoms in total. The number of fused-ring (bicyclic) bond motifs is 6. The first kappa shape index (κ1) is 29.1. The fourth-order valence-corrected chi connectivity index (χ4v) is 6.78. The van der Waals surface area contributed by atoms with Gasteiger partial charge in [-0.1, -0.05) is 98.0 Å². The Morgan fingerprint density at radius 1 is 0.870 bits per heavy atom. The standard InChI is InChI=1S/C20H16O2.C16H12N6OS/c1-11-9-17-13(12(2)20(11)22)7-8-15-14-5-3-4-6-16(14)19(21)10-18(15)17;23-14(8-22-10-20-15-12(22)6-17-9-19-15)21-16-18-7-13(24-16)11-4-2-1-3-5-11/h3-12H,1-2H3;1-7,9-10H,8H2,(H,18,21,23). The molecule has 3 aromatic carbocycles. The smallest absolute Gasteiger partial charge is 0.246 e. The van der Waals surface area contributed by atoms with Crippen LogP contribution in [0.2, 0.25) is 0 Å². The quantitative estimate of drug-likeness (QED) is 0.293. The Kier molecular flexibility index (Phi) is 7.63. The summed E-state index contributed by atoms with van der Waals surface area (Å²) in [6.45, 7) is 4.01. The largest absolute Gasteiger partial charge is 0.318 e. The van der Waals surface area contributed by atoms with Crippen LogP contribution in [0.1, 0.15) is 35.7 Å². The monoisotopic (exact) mass is 624 g/mol. The molecule has 2 atom stereocenters. The third-order valence-corrected chi connectivity index (χ3v) is 9.23. The van der Waals surface area contributed by atoms with Gasteiger partial charge in [0.15, 0.2) is 16.6 Å². The van der Waals surface area contributed by atoms with E-state index in [0.717, 1.165) is 48.6 Å².